The average Bonchev–Trinajstić information content (AvgIpc) is 2.85. The van der Waals surface area contributed by atoms with Crippen LogP contribution in [0.4, 0.5) is 0 Å². The van der Waals surface area contributed by atoms with Crippen LogP contribution in [0.5, 0.6) is 0 Å². The minimum Gasteiger partial charge on any atom is -0.851 e. The standard InChI is InChI=1S/4C9H18NO3.3Ti/c4*1-7(11)4-10(5-8(2)12)6-9(3)13;;;/h4*7-9H,4-6H2,1-3H3;;;/q4*-3;3*+4. The quantitative estimate of drug-likeness (QED) is 0.0813. The van der Waals surface area contributed by atoms with Gasteiger partial charge in [-0.2, -0.15) is 0 Å². The van der Waals surface area contributed by atoms with E-state index in [0.29, 0.717) is 78.5 Å². The average molecular weight is 897 g/mol. The van der Waals surface area contributed by atoms with E-state index in [2.05, 4.69) is 0 Å². The van der Waals surface area contributed by atoms with Crippen LogP contribution in [-0.4, -0.2) is 171 Å². The van der Waals surface area contributed by atoms with Crippen molar-refractivity contribution in [2.75, 3.05) is 78.5 Å². The Morgan fingerprint density at radius 2 is 0.255 bits per heavy atom. The third-order valence-electron chi connectivity index (χ3n) is 6.18. The Hall–Kier alpha value is 1.50. The largest absolute Gasteiger partial charge is 4.00 e. The van der Waals surface area contributed by atoms with Crippen molar-refractivity contribution >= 4 is 0 Å². The van der Waals surface area contributed by atoms with Gasteiger partial charge in [0.1, 0.15) is 0 Å². The molecule has 0 aromatic heterocycles. The second-order valence-corrected chi connectivity index (χ2v) is 14.6. The van der Waals surface area contributed by atoms with E-state index < -0.39 is 73.2 Å². The maximum atomic E-state index is 10.9. The first-order valence-corrected chi connectivity index (χ1v) is 18.5. The Bertz CT molecular complexity index is 546. The fraction of sp³-hybridized carbons (Fsp3) is 1.00. The molecule has 0 saturated heterocycles. The van der Waals surface area contributed by atoms with Crippen LogP contribution in [0.15, 0.2) is 0 Å². The van der Waals surface area contributed by atoms with E-state index in [0.717, 1.165) is 0 Å². The number of hydrogen-bond acceptors (Lipinski definition) is 16. The van der Waals surface area contributed by atoms with Gasteiger partial charge in [0.2, 0.25) is 0 Å². The van der Waals surface area contributed by atoms with E-state index in [4.69, 9.17) is 0 Å². The van der Waals surface area contributed by atoms with Crippen molar-refractivity contribution in [2.45, 2.75) is 156 Å². The predicted octanol–water partition coefficient (Wildman–Crippen LogP) is -9.87. The maximum Gasteiger partial charge on any atom is 4.00 e. The molecule has 19 heteroatoms. The summed E-state index contributed by atoms with van der Waals surface area (Å²) >= 11 is 0. The van der Waals surface area contributed by atoms with Gasteiger partial charge >= 0.3 is 65.2 Å². The molecule has 0 bridgehead atoms. The van der Waals surface area contributed by atoms with Crippen LogP contribution >= 0.6 is 0 Å². The Labute approximate surface area is 378 Å². The van der Waals surface area contributed by atoms with Crippen molar-refractivity contribution < 1.29 is 126 Å². The first-order valence-electron chi connectivity index (χ1n) is 18.5. The summed E-state index contributed by atoms with van der Waals surface area (Å²) in [6.45, 7) is 22.0. The summed E-state index contributed by atoms with van der Waals surface area (Å²) in [5.41, 5.74) is 0. The SMILES string of the molecule is CC([O-])CN(CC(C)[O-])CC(C)[O-].CC([O-])CN(CC(C)[O-])CC(C)[O-].CC([O-])CN(CC(C)[O-])CC(C)[O-].CC([O-])CN(CC(C)[O-])CC(C)[O-].[Ti+4].[Ti+4].[Ti+4]. The molecule has 0 radical (unpaired) electrons. The van der Waals surface area contributed by atoms with Gasteiger partial charge in [0.05, 0.1) is 0 Å². The molecule has 0 aliphatic carbocycles. The van der Waals surface area contributed by atoms with Crippen molar-refractivity contribution in [3.63, 3.8) is 0 Å². The molecule has 55 heavy (non-hydrogen) atoms. The maximum absolute atomic E-state index is 10.9. The van der Waals surface area contributed by atoms with E-state index >= 15 is 0 Å². The molecule has 0 aliphatic rings. The predicted molar refractivity (Wildman–Crippen MR) is 179 cm³/mol. The molecule has 0 heterocycles. The van der Waals surface area contributed by atoms with Gasteiger partial charge in [-0.25, -0.2) is 0 Å². The van der Waals surface area contributed by atoms with E-state index in [1.165, 1.54) is 83.1 Å². The number of rotatable bonds is 24. The van der Waals surface area contributed by atoms with E-state index in [1.54, 1.807) is 19.6 Å². The third-order valence-corrected chi connectivity index (χ3v) is 6.18. The first-order chi connectivity index (χ1) is 23.7. The van der Waals surface area contributed by atoms with E-state index in [-0.39, 0.29) is 65.2 Å². The fourth-order valence-corrected chi connectivity index (χ4v) is 5.26. The van der Waals surface area contributed by atoms with E-state index in [1.807, 2.05) is 0 Å². The zero-order valence-electron chi connectivity index (χ0n) is 35.6. The van der Waals surface area contributed by atoms with Gasteiger partial charge in [-0.3, -0.25) is 0 Å². The summed E-state index contributed by atoms with van der Waals surface area (Å²) in [5.74, 6) is 0. The van der Waals surface area contributed by atoms with Gasteiger partial charge in [0, 0.05) is 0 Å². The Balaban J connectivity index is -0.000000110. The molecular weight excluding hydrogens is 824 g/mol. The van der Waals surface area contributed by atoms with Gasteiger partial charge < -0.3 is 80.9 Å². The van der Waals surface area contributed by atoms with Crippen LogP contribution in [0.3, 0.4) is 0 Å². The number of nitrogens with zero attached hydrogens (tertiary/aromatic N) is 4. The smallest absolute Gasteiger partial charge is 0.851 e. The molecule has 0 aromatic carbocycles. The molecule has 0 aromatic rings. The zero-order chi connectivity index (χ0) is 41.7. The summed E-state index contributed by atoms with van der Waals surface area (Å²) in [5, 5.41) is 130. The van der Waals surface area contributed by atoms with Crippen LogP contribution < -0.4 is 61.3 Å². The van der Waals surface area contributed by atoms with Gasteiger partial charge in [0.15, 0.2) is 0 Å². The Kier molecular flexibility index (Phi) is 56.3. The molecule has 16 nitrogen and oxygen atoms in total. The molecule has 0 rings (SSSR count). The Morgan fingerprint density at radius 1 is 0.200 bits per heavy atom. The second-order valence-electron chi connectivity index (χ2n) is 14.6. The van der Waals surface area contributed by atoms with Gasteiger partial charge in [-0.1, -0.05) is 83.1 Å². The molecule has 0 N–H and O–H groups in total. The molecule has 0 saturated carbocycles. The van der Waals surface area contributed by atoms with Gasteiger partial charge in [0.25, 0.3) is 0 Å². The second kappa shape index (κ2) is 43.6. The number of hydrogen-bond donors (Lipinski definition) is 0. The molecule has 12 unspecified atom stereocenters. The molecule has 0 amide bonds. The van der Waals surface area contributed by atoms with Crippen LogP contribution in [0, 0.1) is 0 Å². The van der Waals surface area contributed by atoms with Crippen molar-refractivity contribution in [2.24, 2.45) is 0 Å². The van der Waals surface area contributed by atoms with E-state index in [9.17, 15) is 61.3 Å². The molecular formula is C36H72N4O12Ti3. The fourth-order valence-electron chi connectivity index (χ4n) is 5.26. The minimum absolute atomic E-state index is 0. The summed E-state index contributed by atoms with van der Waals surface area (Å²) in [4.78, 5) is 6.64. The summed E-state index contributed by atoms with van der Waals surface area (Å²) in [6, 6.07) is 0. The normalized spacial score (nSPS) is 17.7. The summed E-state index contributed by atoms with van der Waals surface area (Å²) in [7, 11) is 0. The van der Waals surface area contributed by atoms with Crippen molar-refractivity contribution in [3.8, 4) is 0 Å². The first kappa shape index (κ1) is 71.0. The summed E-state index contributed by atoms with van der Waals surface area (Å²) < 4.78 is 0. The van der Waals surface area contributed by atoms with Gasteiger partial charge in [-0.05, 0) is 78.5 Å². The van der Waals surface area contributed by atoms with Crippen molar-refractivity contribution in [1.29, 1.82) is 0 Å². The van der Waals surface area contributed by atoms with Crippen LogP contribution in [-0.2, 0) is 65.2 Å². The minimum atomic E-state index is -0.738. The third kappa shape index (κ3) is 64.8. The molecule has 0 fully saturated rings. The summed E-state index contributed by atoms with van der Waals surface area (Å²) in [6.07, 6.45) is -8.86. The molecule has 320 valence electrons. The van der Waals surface area contributed by atoms with Crippen LogP contribution in [0.2, 0.25) is 0 Å². The van der Waals surface area contributed by atoms with Crippen LogP contribution in [0.25, 0.3) is 0 Å². The zero-order valence-corrected chi connectivity index (χ0v) is 40.3. The van der Waals surface area contributed by atoms with Gasteiger partial charge in [-0.15, -0.1) is 73.2 Å². The topological polar surface area (TPSA) is 290 Å². The van der Waals surface area contributed by atoms with Crippen molar-refractivity contribution in [3.05, 3.63) is 0 Å². The Morgan fingerprint density at radius 3 is 0.291 bits per heavy atom. The van der Waals surface area contributed by atoms with Crippen LogP contribution in [0.1, 0.15) is 83.1 Å². The molecule has 0 aliphatic heterocycles. The molecule has 0 spiro atoms. The monoisotopic (exact) mass is 896 g/mol. The van der Waals surface area contributed by atoms with Crippen molar-refractivity contribution in [1.82, 2.24) is 19.6 Å². The molecule has 12 atom stereocenters.